The van der Waals surface area contributed by atoms with Gasteiger partial charge < -0.3 is 9.32 Å². The van der Waals surface area contributed by atoms with Gasteiger partial charge in [-0.1, -0.05) is 146 Å². The van der Waals surface area contributed by atoms with E-state index in [0.717, 1.165) is 62.6 Å². The van der Waals surface area contributed by atoms with Gasteiger partial charge in [-0.25, -0.2) is 0 Å². The zero-order valence-electron chi connectivity index (χ0n) is 30.3. The summed E-state index contributed by atoms with van der Waals surface area (Å²) in [5, 5.41) is 4.55. The molecule has 1 heterocycles. The van der Waals surface area contributed by atoms with E-state index in [-0.39, 0.29) is 0 Å². The summed E-state index contributed by atoms with van der Waals surface area (Å²) in [6.07, 6.45) is 8.82. The molecule has 260 valence electrons. The fourth-order valence-electron chi connectivity index (χ4n) is 9.33. The van der Waals surface area contributed by atoms with E-state index in [2.05, 4.69) is 199 Å². The Kier molecular flexibility index (Phi) is 7.25. The molecule has 0 aliphatic heterocycles. The molecular formula is C53H37NO. The smallest absolute Gasteiger partial charge is 0.143 e. The molecule has 0 saturated carbocycles. The minimum Gasteiger partial charge on any atom is -0.455 e. The number of furan rings is 1. The van der Waals surface area contributed by atoms with E-state index >= 15 is 0 Å². The molecule has 0 fully saturated rings. The van der Waals surface area contributed by atoms with Crippen molar-refractivity contribution in [3.63, 3.8) is 0 Å². The quantitative estimate of drug-likeness (QED) is 0.171. The summed E-state index contributed by atoms with van der Waals surface area (Å²) in [7, 11) is 0. The van der Waals surface area contributed by atoms with Crippen LogP contribution in [-0.4, -0.2) is 0 Å². The molecule has 2 aliphatic carbocycles. The van der Waals surface area contributed by atoms with Gasteiger partial charge >= 0.3 is 0 Å². The molecule has 8 aromatic carbocycles. The van der Waals surface area contributed by atoms with E-state index in [1.165, 1.54) is 44.5 Å². The fraction of sp³-hybridized carbons (Fsp3) is 0.0566. The summed E-state index contributed by atoms with van der Waals surface area (Å²) < 4.78 is 6.44. The second-order valence-corrected chi connectivity index (χ2v) is 14.7. The molecule has 0 amide bonds. The molecular weight excluding hydrogens is 667 g/mol. The Labute approximate surface area is 320 Å². The molecule has 0 spiro atoms. The van der Waals surface area contributed by atoms with Crippen molar-refractivity contribution in [2.24, 2.45) is 0 Å². The molecule has 0 saturated heterocycles. The van der Waals surface area contributed by atoms with Gasteiger partial charge in [0.15, 0.2) is 0 Å². The van der Waals surface area contributed by atoms with Gasteiger partial charge in [-0.15, -0.1) is 0 Å². The van der Waals surface area contributed by atoms with Crippen molar-refractivity contribution in [1.29, 1.82) is 0 Å². The third-order valence-corrected chi connectivity index (χ3v) is 11.8. The molecule has 9 aromatic rings. The maximum Gasteiger partial charge on any atom is 0.143 e. The van der Waals surface area contributed by atoms with Crippen LogP contribution in [0.15, 0.2) is 205 Å². The van der Waals surface area contributed by atoms with Crippen molar-refractivity contribution in [3.8, 4) is 11.1 Å². The maximum atomic E-state index is 6.44. The van der Waals surface area contributed by atoms with Gasteiger partial charge in [0.05, 0.1) is 5.41 Å². The lowest BCUT2D eigenvalue weighted by molar-refractivity contribution is 0.672. The molecule has 2 nitrogen and oxygen atoms in total. The zero-order chi connectivity index (χ0) is 36.3. The molecule has 2 aliphatic rings. The first-order valence-electron chi connectivity index (χ1n) is 19.2. The number of rotatable bonds is 6. The van der Waals surface area contributed by atoms with E-state index in [1.54, 1.807) is 0 Å². The van der Waals surface area contributed by atoms with Crippen LogP contribution < -0.4 is 4.90 Å². The van der Waals surface area contributed by atoms with Crippen LogP contribution >= 0.6 is 0 Å². The van der Waals surface area contributed by atoms with E-state index < -0.39 is 5.41 Å². The Morgan fingerprint density at radius 3 is 1.84 bits per heavy atom. The Morgan fingerprint density at radius 2 is 1.11 bits per heavy atom. The summed E-state index contributed by atoms with van der Waals surface area (Å²) >= 11 is 0. The predicted molar refractivity (Wildman–Crippen MR) is 230 cm³/mol. The van der Waals surface area contributed by atoms with E-state index in [0.29, 0.717) is 0 Å². The molecule has 55 heavy (non-hydrogen) atoms. The van der Waals surface area contributed by atoms with Crippen LogP contribution in [-0.2, 0) is 5.41 Å². The van der Waals surface area contributed by atoms with Gasteiger partial charge in [0, 0.05) is 33.2 Å². The molecule has 0 atom stereocenters. The van der Waals surface area contributed by atoms with Crippen LogP contribution in [0, 0.1) is 0 Å². The molecule has 2 heteroatoms. The summed E-state index contributed by atoms with van der Waals surface area (Å²) in [5.74, 6) is 0. The topological polar surface area (TPSA) is 16.4 Å². The van der Waals surface area contributed by atoms with Crippen molar-refractivity contribution < 1.29 is 4.42 Å². The minimum atomic E-state index is -0.442. The Morgan fingerprint density at radius 1 is 0.491 bits per heavy atom. The lowest BCUT2D eigenvalue weighted by Gasteiger charge is -2.34. The lowest BCUT2D eigenvalue weighted by Crippen LogP contribution is -2.28. The summed E-state index contributed by atoms with van der Waals surface area (Å²) in [5.41, 5.74) is 15.1. The highest BCUT2D eigenvalue weighted by atomic mass is 16.3. The normalized spacial score (nSPS) is 14.2. The van der Waals surface area contributed by atoms with Crippen molar-refractivity contribution in [3.05, 3.63) is 228 Å². The van der Waals surface area contributed by atoms with Gasteiger partial charge in [0.1, 0.15) is 11.2 Å². The largest absolute Gasteiger partial charge is 0.455 e. The first-order chi connectivity index (χ1) is 27.3. The first-order valence-corrected chi connectivity index (χ1v) is 19.2. The van der Waals surface area contributed by atoms with Crippen molar-refractivity contribution in [2.75, 3.05) is 4.90 Å². The van der Waals surface area contributed by atoms with Gasteiger partial charge in [-0.05, 0) is 117 Å². The zero-order valence-corrected chi connectivity index (χ0v) is 30.3. The van der Waals surface area contributed by atoms with Gasteiger partial charge in [-0.2, -0.15) is 0 Å². The second kappa shape index (κ2) is 12.6. The molecule has 1 aromatic heterocycles. The minimum absolute atomic E-state index is 0.442. The number of allylic oxidation sites excluding steroid dienone is 4. The highest BCUT2D eigenvalue weighted by Gasteiger charge is 2.45. The first kappa shape index (κ1) is 31.6. The van der Waals surface area contributed by atoms with Crippen LogP contribution in [0.1, 0.15) is 40.7 Å². The van der Waals surface area contributed by atoms with Crippen LogP contribution in [0.2, 0.25) is 0 Å². The van der Waals surface area contributed by atoms with Crippen molar-refractivity contribution in [1.82, 2.24) is 0 Å². The molecule has 0 radical (unpaired) electrons. The lowest BCUT2D eigenvalue weighted by atomic mass is 9.68. The van der Waals surface area contributed by atoms with E-state index in [4.69, 9.17) is 4.42 Å². The summed E-state index contributed by atoms with van der Waals surface area (Å²) in [4.78, 5) is 2.39. The van der Waals surface area contributed by atoms with E-state index in [1.807, 2.05) is 6.07 Å². The standard InChI is InChI=1S/C53H37NO/c1-3-13-36(14-4-1)37-23-28-41(29-24-37)54(43-32-34-44-38(35-43)25-33-48-47-19-9-12-22-51(47)55-52(44)48)42-30-26-40(27-31-42)53(39-15-5-2-6-16-39)49-20-10-7-17-45(49)46-18-8-11-21-50(46)53/h1-3,5-13,15-35H,4,14H2. The third kappa shape index (κ3) is 4.88. The monoisotopic (exact) mass is 703 g/mol. The van der Waals surface area contributed by atoms with Crippen LogP contribution in [0.3, 0.4) is 0 Å². The van der Waals surface area contributed by atoms with Crippen LogP contribution in [0.5, 0.6) is 0 Å². The Bertz CT molecular complexity index is 2920. The van der Waals surface area contributed by atoms with Crippen molar-refractivity contribution >= 4 is 55.3 Å². The Hall–Kier alpha value is -6.90. The molecule has 0 bridgehead atoms. The van der Waals surface area contributed by atoms with Gasteiger partial charge in [0.25, 0.3) is 0 Å². The predicted octanol–water partition coefficient (Wildman–Crippen LogP) is 14.3. The number of anilines is 3. The highest BCUT2D eigenvalue weighted by Crippen LogP contribution is 2.56. The molecule has 0 N–H and O–H groups in total. The highest BCUT2D eigenvalue weighted by molar-refractivity contribution is 6.15. The van der Waals surface area contributed by atoms with E-state index in [9.17, 15) is 0 Å². The van der Waals surface area contributed by atoms with Crippen molar-refractivity contribution in [2.45, 2.75) is 18.3 Å². The average molecular weight is 704 g/mol. The fourth-order valence-corrected chi connectivity index (χ4v) is 9.33. The average Bonchev–Trinajstić information content (AvgIpc) is 3.79. The SMILES string of the molecule is C1=CCCC(c2ccc(N(c3ccc(C4(c5ccccc5)c5ccccc5-c5ccccc54)cc3)c3ccc4c(ccc5c6ccccc6oc45)c3)cc2)=C1. The molecule has 0 unspecified atom stereocenters. The number of hydrogen-bond donors (Lipinski definition) is 0. The third-order valence-electron chi connectivity index (χ3n) is 11.8. The van der Waals surface area contributed by atoms with Gasteiger partial charge in [0.2, 0.25) is 0 Å². The summed E-state index contributed by atoms with van der Waals surface area (Å²) in [6.45, 7) is 0. The Balaban J connectivity index is 1.08. The second-order valence-electron chi connectivity index (χ2n) is 14.7. The number of benzene rings is 8. The maximum absolute atomic E-state index is 6.44. The number of fused-ring (bicyclic) bond motifs is 8. The number of para-hydroxylation sites is 1. The number of hydrogen-bond acceptors (Lipinski definition) is 2. The number of nitrogens with zero attached hydrogens (tertiary/aromatic N) is 1. The van der Waals surface area contributed by atoms with Crippen LogP contribution in [0.4, 0.5) is 17.1 Å². The van der Waals surface area contributed by atoms with Gasteiger partial charge in [-0.3, -0.25) is 0 Å². The summed E-state index contributed by atoms with van der Waals surface area (Å²) in [6, 6.07) is 66.8. The molecule has 11 rings (SSSR count). The van der Waals surface area contributed by atoms with Crippen LogP contribution in [0.25, 0.3) is 49.4 Å².